The molecule has 4 N–H and O–H groups in total. The van der Waals surface area contributed by atoms with Crippen molar-refractivity contribution in [2.45, 2.75) is 33.6 Å². The molecule has 0 saturated heterocycles. The Morgan fingerprint density at radius 3 is 3.05 bits per heavy atom. The van der Waals surface area contributed by atoms with E-state index in [1.807, 2.05) is 13.8 Å². The van der Waals surface area contributed by atoms with Gasteiger partial charge in [0, 0.05) is 25.2 Å². The third kappa shape index (κ3) is 7.91. The zero-order chi connectivity index (χ0) is 15.5. The van der Waals surface area contributed by atoms with Crippen LogP contribution in [0.2, 0.25) is 0 Å². The second-order valence-electron chi connectivity index (χ2n) is 4.98. The molecule has 6 heteroatoms. The van der Waals surface area contributed by atoms with E-state index in [-0.39, 0.29) is 0 Å². The summed E-state index contributed by atoms with van der Waals surface area (Å²) < 4.78 is 0. The van der Waals surface area contributed by atoms with Crippen LogP contribution < -0.4 is 16.1 Å². The quantitative estimate of drug-likeness (QED) is 0.329. The molecule has 1 atom stereocenters. The molecule has 0 aliphatic heterocycles. The normalized spacial score (nSPS) is 18.5. The molecule has 1 aliphatic rings. The summed E-state index contributed by atoms with van der Waals surface area (Å²) in [6.07, 6.45) is 9.77. The zero-order valence-electron chi connectivity index (χ0n) is 13.1. The Morgan fingerprint density at radius 2 is 2.33 bits per heavy atom. The largest absolute Gasteiger partial charge is 0.347 e. The lowest BCUT2D eigenvalue weighted by atomic mass is 10.0. The molecule has 116 valence electrons. The van der Waals surface area contributed by atoms with Gasteiger partial charge in [-0.15, -0.1) is 0 Å². The van der Waals surface area contributed by atoms with Crippen LogP contribution in [-0.4, -0.2) is 31.1 Å². The molecule has 1 unspecified atom stereocenters. The van der Waals surface area contributed by atoms with Crippen molar-refractivity contribution >= 4 is 18.0 Å². The highest BCUT2D eigenvalue weighted by atomic mass is 15.3. The maximum absolute atomic E-state index is 7.78. The average molecular weight is 290 g/mol. The van der Waals surface area contributed by atoms with Crippen LogP contribution in [0.5, 0.6) is 0 Å². The molecule has 0 fully saturated rings. The minimum atomic E-state index is 0.414. The summed E-state index contributed by atoms with van der Waals surface area (Å²) in [5, 5.41) is 17.9. The Kier molecular flexibility index (Phi) is 7.86. The van der Waals surface area contributed by atoms with E-state index in [1.54, 1.807) is 6.34 Å². The second kappa shape index (κ2) is 9.74. The lowest BCUT2D eigenvalue weighted by Crippen LogP contribution is -2.29. The van der Waals surface area contributed by atoms with Gasteiger partial charge in [0.25, 0.3) is 0 Å². The number of hydrazone groups is 1. The smallest absolute Gasteiger partial charge is 0.124 e. The molecular formula is C15H26N6. The topological polar surface area (TPSA) is 84.7 Å². The summed E-state index contributed by atoms with van der Waals surface area (Å²) in [7, 11) is 0. The Labute approximate surface area is 127 Å². The molecule has 0 radical (unpaired) electrons. The molecule has 0 spiro atoms. The summed E-state index contributed by atoms with van der Waals surface area (Å²) in [5.41, 5.74) is 3.93. The molecule has 0 aromatic carbocycles. The lowest BCUT2D eigenvalue weighted by Gasteiger charge is -2.11. The van der Waals surface area contributed by atoms with Crippen LogP contribution in [-0.2, 0) is 0 Å². The van der Waals surface area contributed by atoms with Crippen LogP contribution in [0.3, 0.4) is 0 Å². The van der Waals surface area contributed by atoms with Crippen LogP contribution in [0.25, 0.3) is 0 Å². The predicted octanol–water partition coefficient (Wildman–Crippen LogP) is 1.98. The molecule has 0 aromatic rings. The van der Waals surface area contributed by atoms with Crippen LogP contribution in [0.4, 0.5) is 0 Å². The van der Waals surface area contributed by atoms with Crippen molar-refractivity contribution in [1.82, 2.24) is 16.1 Å². The first kappa shape index (κ1) is 16.9. The van der Waals surface area contributed by atoms with Crippen molar-refractivity contribution in [2.24, 2.45) is 16.0 Å². The summed E-state index contributed by atoms with van der Waals surface area (Å²) in [6, 6.07) is 0. The minimum absolute atomic E-state index is 0.414. The van der Waals surface area contributed by atoms with Gasteiger partial charge in [-0.2, -0.15) is 5.10 Å². The molecule has 0 aromatic heterocycles. The summed E-state index contributed by atoms with van der Waals surface area (Å²) >= 11 is 0. The van der Waals surface area contributed by atoms with E-state index in [9.17, 15) is 0 Å². The molecule has 0 heterocycles. The monoisotopic (exact) mass is 290 g/mol. The predicted molar refractivity (Wildman–Crippen MR) is 89.8 cm³/mol. The third-order valence-corrected chi connectivity index (χ3v) is 2.82. The van der Waals surface area contributed by atoms with Crippen molar-refractivity contribution in [3.8, 4) is 0 Å². The van der Waals surface area contributed by atoms with E-state index >= 15 is 0 Å². The SMILES string of the molecule is CCN/N=C(\C)NC(=N)CC/N=C/NC1=CC(C)CC=C1. The van der Waals surface area contributed by atoms with Crippen molar-refractivity contribution < 1.29 is 0 Å². The van der Waals surface area contributed by atoms with E-state index in [0.717, 1.165) is 18.7 Å². The van der Waals surface area contributed by atoms with Crippen LogP contribution >= 0.6 is 0 Å². The van der Waals surface area contributed by atoms with E-state index in [0.29, 0.717) is 30.6 Å². The van der Waals surface area contributed by atoms with E-state index in [1.165, 1.54) is 0 Å². The number of hydrogen-bond donors (Lipinski definition) is 4. The fourth-order valence-corrected chi connectivity index (χ4v) is 1.80. The van der Waals surface area contributed by atoms with Gasteiger partial charge in [-0.3, -0.25) is 10.4 Å². The lowest BCUT2D eigenvalue weighted by molar-refractivity contribution is 0.723. The van der Waals surface area contributed by atoms with Crippen molar-refractivity contribution in [2.75, 3.05) is 13.1 Å². The summed E-state index contributed by atoms with van der Waals surface area (Å²) in [6.45, 7) is 7.32. The van der Waals surface area contributed by atoms with Gasteiger partial charge in [-0.1, -0.05) is 19.1 Å². The van der Waals surface area contributed by atoms with Crippen molar-refractivity contribution in [3.63, 3.8) is 0 Å². The van der Waals surface area contributed by atoms with Crippen LogP contribution in [0, 0.1) is 11.3 Å². The van der Waals surface area contributed by atoms with E-state index in [2.05, 4.69) is 51.3 Å². The first-order valence-electron chi connectivity index (χ1n) is 7.36. The van der Waals surface area contributed by atoms with Gasteiger partial charge < -0.3 is 16.1 Å². The molecule has 1 rings (SSSR count). The van der Waals surface area contributed by atoms with Gasteiger partial charge in [-0.05, 0) is 32.3 Å². The highest BCUT2D eigenvalue weighted by Gasteiger charge is 2.02. The molecule has 0 saturated carbocycles. The maximum Gasteiger partial charge on any atom is 0.124 e. The van der Waals surface area contributed by atoms with Crippen molar-refractivity contribution in [1.29, 1.82) is 5.41 Å². The van der Waals surface area contributed by atoms with Crippen molar-refractivity contribution in [3.05, 3.63) is 23.9 Å². The number of allylic oxidation sites excluding steroid dienone is 3. The van der Waals surface area contributed by atoms with E-state index in [4.69, 9.17) is 5.41 Å². The molecule has 0 bridgehead atoms. The van der Waals surface area contributed by atoms with E-state index < -0.39 is 0 Å². The highest BCUT2D eigenvalue weighted by molar-refractivity contribution is 5.98. The number of amidine groups is 2. The molecule has 21 heavy (non-hydrogen) atoms. The van der Waals surface area contributed by atoms with Gasteiger partial charge in [0.05, 0.1) is 6.34 Å². The molecule has 1 aliphatic carbocycles. The van der Waals surface area contributed by atoms with Gasteiger partial charge in [0.2, 0.25) is 0 Å². The maximum atomic E-state index is 7.78. The van der Waals surface area contributed by atoms with Gasteiger partial charge in [0.15, 0.2) is 0 Å². The second-order valence-corrected chi connectivity index (χ2v) is 4.98. The molecule has 0 amide bonds. The first-order valence-corrected chi connectivity index (χ1v) is 7.36. The van der Waals surface area contributed by atoms with Crippen LogP contribution in [0.1, 0.15) is 33.6 Å². The number of rotatable bonds is 7. The highest BCUT2D eigenvalue weighted by Crippen LogP contribution is 2.13. The zero-order valence-corrected chi connectivity index (χ0v) is 13.1. The minimum Gasteiger partial charge on any atom is -0.347 e. The summed E-state index contributed by atoms with van der Waals surface area (Å²) in [4.78, 5) is 4.25. The standard InChI is InChI=1S/C15H26N6/c1-4-19-21-13(3)20-15(16)8-9-17-11-18-14-7-5-6-12(2)10-14/h5,7,10-12,19H,4,6,8-9H2,1-3H3,(H,17,18)(H2,16,20,21). The Balaban J connectivity index is 2.19. The fourth-order valence-electron chi connectivity index (χ4n) is 1.80. The fraction of sp³-hybridized carbons (Fsp3) is 0.533. The molecule has 6 nitrogen and oxygen atoms in total. The number of nitrogens with zero attached hydrogens (tertiary/aromatic N) is 2. The number of aliphatic imine (C=N–C) groups is 1. The van der Waals surface area contributed by atoms with Gasteiger partial charge in [-0.25, -0.2) is 0 Å². The Bertz CT molecular complexity index is 447. The number of hydrogen-bond acceptors (Lipinski definition) is 4. The Hall–Kier alpha value is -2.11. The van der Waals surface area contributed by atoms with Gasteiger partial charge in [0.1, 0.15) is 11.7 Å². The first-order chi connectivity index (χ1) is 10.1. The Morgan fingerprint density at radius 1 is 1.52 bits per heavy atom. The van der Waals surface area contributed by atoms with Crippen LogP contribution in [0.15, 0.2) is 34.0 Å². The third-order valence-electron chi connectivity index (χ3n) is 2.82. The molecular weight excluding hydrogens is 264 g/mol. The van der Waals surface area contributed by atoms with Gasteiger partial charge >= 0.3 is 0 Å². The average Bonchev–Trinajstić information content (AvgIpc) is 2.45. The number of nitrogens with one attached hydrogen (secondary N) is 4. The summed E-state index contributed by atoms with van der Waals surface area (Å²) in [5.74, 6) is 1.68.